The fourth-order valence-electron chi connectivity index (χ4n) is 14.8. The molecule has 11 aromatic rings. The van der Waals surface area contributed by atoms with E-state index in [-0.39, 0.29) is 27.1 Å². The van der Waals surface area contributed by atoms with E-state index >= 15 is 0 Å². The second-order valence-corrected chi connectivity index (χ2v) is 37.0. The molecule has 4 heteroatoms. The van der Waals surface area contributed by atoms with Crippen LogP contribution in [0.5, 0.6) is 0 Å². The maximum Gasteiger partial charge on any atom is 0.0775 e. The lowest BCUT2D eigenvalue weighted by atomic mass is 9.67. The third kappa shape index (κ3) is 11.2. The fourth-order valence-corrected chi connectivity index (χ4v) is 16.0. The Labute approximate surface area is 557 Å². The Morgan fingerprint density at radius 3 is 1.04 bits per heavy atom. The third-order valence-electron chi connectivity index (χ3n) is 20.1. The highest BCUT2D eigenvalue weighted by Crippen LogP contribution is 2.66. The van der Waals surface area contributed by atoms with E-state index in [1.807, 2.05) is 0 Å². The minimum absolute atomic E-state index is 0.00129. The van der Waals surface area contributed by atoms with Gasteiger partial charge in [0, 0.05) is 50.9 Å². The van der Waals surface area contributed by atoms with Gasteiger partial charge in [0.25, 0.3) is 0 Å². The van der Waals surface area contributed by atoms with Gasteiger partial charge in [-0.1, -0.05) is 273 Å². The number of hydrogen-bond acceptors (Lipinski definition) is 3. The van der Waals surface area contributed by atoms with E-state index in [4.69, 9.17) is 0 Å². The van der Waals surface area contributed by atoms with Crippen LogP contribution in [0.1, 0.15) is 153 Å². The van der Waals surface area contributed by atoms with Gasteiger partial charge in [-0.25, -0.2) is 0 Å². The predicted octanol–water partition coefficient (Wildman–Crippen LogP) is 24.5. The van der Waals surface area contributed by atoms with Gasteiger partial charge in [0.05, 0.1) is 19.2 Å². The molecule has 1 atom stereocenters. The average Bonchev–Trinajstić information content (AvgIpc) is 1.51. The maximum atomic E-state index is 2.65. The van der Waals surface area contributed by atoms with Gasteiger partial charge in [-0.05, 0) is 203 Å². The van der Waals surface area contributed by atoms with Crippen molar-refractivity contribution < 1.29 is 0 Å². The predicted molar refractivity (Wildman–Crippen MR) is 403 cm³/mol. The van der Waals surface area contributed by atoms with Crippen LogP contribution in [0.4, 0.5) is 51.2 Å². The molecule has 468 valence electrons. The van der Waals surface area contributed by atoms with Crippen molar-refractivity contribution in [1.82, 2.24) is 0 Å². The zero-order valence-electron chi connectivity index (χ0n) is 58.1. The lowest BCUT2D eigenvalue weighted by Crippen LogP contribution is -2.38. The summed E-state index contributed by atoms with van der Waals surface area (Å²) in [5.41, 5.74) is 26.8. The highest BCUT2D eigenvalue weighted by atomic mass is 28.3. The molecule has 3 nitrogen and oxygen atoms in total. The molecule has 1 unspecified atom stereocenters. The Morgan fingerprint density at radius 2 is 0.624 bits per heavy atom. The van der Waals surface area contributed by atoms with Crippen molar-refractivity contribution in [3.63, 3.8) is 0 Å². The van der Waals surface area contributed by atoms with E-state index in [2.05, 4.69) is 386 Å². The lowest BCUT2D eigenvalue weighted by Gasteiger charge is -2.38. The van der Waals surface area contributed by atoms with Crippen LogP contribution in [0.25, 0.3) is 22.3 Å². The van der Waals surface area contributed by atoms with E-state index in [9.17, 15) is 0 Å². The first-order valence-electron chi connectivity index (χ1n) is 33.7. The van der Waals surface area contributed by atoms with Crippen LogP contribution in [0.15, 0.2) is 255 Å². The van der Waals surface area contributed by atoms with Gasteiger partial charge in [-0.15, -0.1) is 0 Å². The molecule has 0 saturated heterocycles. The van der Waals surface area contributed by atoms with E-state index in [1.165, 1.54) is 88.8 Å². The molecule has 93 heavy (non-hydrogen) atoms. The first-order valence-corrected chi connectivity index (χ1v) is 37.2. The first kappa shape index (κ1) is 62.8. The van der Waals surface area contributed by atoms with Gasteiger partial charge in [-0.3, -0.25) is 0 Å². The molecule has 2 aliphatic carbocycles. The Morgan fingerprint density at radius 1 is 0.290 bits per heavy atom. The highest BCUT2D eigenvalue weighted by molar-refractivity contribution is 6.88. The lowest BCUT2D eigenvalue weighted by molar-refractivity contribution is 0.590. The van der Waals surface area contributed by atoms with Crippen molar-refractivity contribution in [3.8, 4) is 22.3 Å². The van der Waals surface area contributed by atoms with Crippen LogP contribution in [-0.4, -0.2) is 8.07 Å². The summed E-state index contributed by atoms with van der Waals surface area (Å²) in [4.78, 5) is 7.49. The van der Waals surface area contributed by atoms with Crippen LogP contribution in [-0.2, 0) is 32.5 Å². The zero-order chi connectivity index (χ0) is 65.8. The molecule has 11 aromatic carbocycles. The minimum Gasteiger partial charge on any atom is -0.311 e. The Balaban J connectivity index is 1.16. The number of fused-ring (bicyclic) bond motifs is 7. The second kappa shape index (κ2) is 23.0. The van der Waals surface area contributed by atoms with E-state index in [0.29, 0.717) is 0 Å². The van der Waals surface area contributed by atoms with E-state index in [1.54, 1.807) is 0 Å². The number of benzene rings is 11. The van der Waals surface area contributed by atoms with Crippen molar-refractivity contribution in [1.29, 1.82) is 0 Å². The first-order chi connectivity index (χ1) is 44.0. The SMILES string of the molecule is CC(C)(C)c1ccc(N(c2ccc(C(C)(C)C)cc2)c2ccc(C3(c4ccc([Si](C)(C)C)cc4)c4cc(N(c5ccccc5)c5ccc(C(C)(C)C)cc5)ccc4-c4c3cc(N(c3ccccc3)c3ccc(C(C)(C)C)cc3)c3c4-c4ccccc4C3(C)C)cc2)cc1. The Hall–Kier alpha value is -8.96. The summed E-state index contributed by atoms with van der Waals surface area (Å²) in [6.45, 7) is 39.9. The summed E-state index contributed by atoms with van der Waals surface area (Å²) < 4.78 is 0. The molecule has 0 saturated carbocycles. The summed E-state index contributed by atoms with van der Waals surface area (Å²) in [5.74, 6) is 0. The van der Waals surface area contributed by atoms with Gasteiger partial charge in [0.2, 0.25) is 0 Å². The van der Waals surface area contributed by atoms with Crippen molar-refractivity contribution in [2.24, 2.45) is 0 Å². The summed E-state index contributed by atoms with van der Waals surface area (Å²) in [5, 5.41) is 1.43. The van der Waals surface area contributed by atoms with Crippen LogP contribution < -0.4 is 19.9 Å². The second-order valence-electron chi connectivity index (χ2n) is 32.0. The summed E-state index contributed by atoms with van der Waals surface area (Å²) in [6.07, 6.45) is 0. The number of anilines is 9. The van der Waals surface area contributed by atoms with Crippen molar-refractivity contribution in [2.45, 2.75) is 149 Å². The largest absolute Gasteiger partial charge is 0.311 e. The van der Waals surface area contributed by atoms with Gasteiger partial charge < -0.3 is 14.7 Å². The summed E-state index contributed by atoms with van der Waals surface area (Å²) >= 11 is 0. The van der Waals surface area contributed by atoms with Gasteiger partial charge in [0.15, 0.2) is 0 Å². The van der Waals surface area contributed by atoms with Crippen LogP contribution in [0.3, 0.4) is 0 Å². The molecular weight excluding hydrogens is 1140 g/mol. The number of nitrogens with zero attached hydrogens (tertiary/aromatic N) is 3. The average molecular weight is 1230 g/mol. The summed E-state index contributed by atoms with van der Waals surface area (Å²) in [7, 11) is -1.77. The van der Waals surface area contributed by atoms with Crippen LogP contribution in [0, 0.1) is 0 Å². The molecule has 0 spiro atoms. The smallest absolute Gasteiger partial charge is 0.0775 e. The van der Waals surface area contributed by atoms with Gasteiger partial charge in [0.1, 0.15) is 0 Å². The molecule has 13 rings (SSSR count). The quantitative estimate of drug-likeness (QED) is 0.113. The number of hydrogen-bond donors (Lipinski definition) is 0. The standard InChI is InChI=1S/C89H93N3Si/c1-84(2,3)60-32-44-68(45-33-60)90(69-46-34-61(35-47-69)85(4,5)6)70-52-40-64(41-53-70)89(65-42-55-74(56-43-65)93(15,16)17)78-58-73(91(66-26-20-18-21-27-66)71-48-36-62(37-49-71)86(7,8)9)54-57-76(78)81-79(89)59-80(83-82(81)75-30-24-25-31-77(75)88(83,13)14)92(67-28-22-19-23-29-67)72-50-38-63(39-51-72)87(10,11)12/h18-59H,1-17H3. The monoisotopic (exact) mass is 1230 g/mol. The molecule has 0 bridgehead atoms. The third-order valence-corrected chi connectivity index (χ3v) is 22.2. The number of rotatable bonds is 12. The topological polar surface area (TPSA) is 9.72 Å². The minimum atomic E-state index is -1.77. The Kier molecular flexibility index (Phi) is 15.5. The van der Waals surface area contributed by atoms with Gasteiger partial charge in [-0.2, -0.15) is 0 Å². The van der Waals surface area contributed by atoms with Crippen molar-refractivity contribution in [3.05, 3.63) is 310 Å². The molecular formula is C89H93N3Si. The summed E-state index contributed by atoms with van der Waals surface area (Å²) in [6, 6.07) is 98.3. The highest BCUT2D eigenvalue weighted by Gasteiger charge is 2.52. The van der Waals surface area contributed by atoms with E-state index in [0.717, 1.165) is 45.5 Å². The zero-order valence-corrected chi connectivity index (χ0v) is 59.1. The molecule has 0 amide bonds. The van der Waals surface area contributed by atoms with Crippen molar-refractivity contribution >= 4 is 64.4 Å². The molecule has 0 aromatic heterocycles. The normalized spacial score (nSPS) is 15.1. The maximum absolute atomic E-state index is 2.65. The Bertz CT molecular complexity index is 4470. The molecule has 0 fully saturated rings. The molecule has 0 heterocycles. The van der Waals surface area contributed by atoms with Crippen molar-refractivity contribution in [2.75, 3.05) is 14.7 Å². The van der Waals surface area contributed by atoms with Crippen LogP contribution in [0.2, 0.25) is 19.6 Å². The molecule has 0 aliphatic heterocycles. The molecule has 0 N–H and O–H groups in total. The van der Waals surface area contributed by atoms with E-state index < -0.39 is 13.5 Å². The number of para-hydroxylation sites is 2. The fraction of sp³-hybridized carbons (Fsp3) is 0.258. The van der Waals surface area contributed by atoms with Crippen LogP contribution >= 0.6 is 0 Å². The molecule has 0 radical (unpaired) electrons. The molecule has 2 aliphatic rings. The van der Waals surface area contributed by atoms with Gasteiger partial charge >= 0.3 is 0 Å².